The molecule has 0 saturated carbocycles. The van der Waals surface area contributed by atoms with Crippen molar-refractivity contribution in [2.45, 2.75) is 58.7 Å². The number of alkyl halides is 3. The molecule has 0 aliphatic carbocycles. The number of aliphatic carboxylic acids is 1. The van der Waals surface area contributed by atoms with E-state index in [1.807, 2.05) is 51.1 Å². The summed E-state index contributed by atoms with van der Waals surface area (Å²) in [6.07, 6.45) is -3.11. The molecule has 0 aliphatic rings. The first-order valence-electron chi connectivity index (χ1n) is 12.1. The summed E-state index contributed by atoms with van der Waals surface area (Å²) in [5.74, 6) is 0.473. The van der Waals surface area contributed by atoms with Gasteiger partial charge in [-0.25, -0.2) is 0 Å². The number of halogens is 3. The molecule has 5 nitrogen and oxygen atoms in total. The van der Waals surface area contributed by atoms with Gasteiger partial charge >= 0.3 is 12.1 Å². The van der Waals surface area contributed by atoms with Crippen molar-refractivity contribution in [3.63, 3.8) is 0 Å². The number of carbonyl (C=O) groups is 1. The smallest absolute Gasteiger partial charge is 0.416 e. The highest BCUT2D eigenvalue weighted by Gasteiger charge is 2.32. The van der Waals surface area contributed by atoms with Crippen LogP contribution in [0, 0.1) is 6.92 Å². The molecule has 3 rings (SSSR count). The van der Waals surface area contributed by atoms with E-state index in [2.05, 4.69) is 0 Å². The highest BCUT2D eigenvalue weighted by molar-refractivity contribution is 5.67. The Balaban J connectivity index is 1.65. The van der Waals surface area contributed by atoms with Crippen LogP contribution < -0.4 is 14.2 Å². The number of ether oxygens (including phenoxy) is 3. The number of carboxylic acids is 1. The first-order valence-corrected chi connectivity index (χ1v) is 12.1. The van der Waals surface area contributed by atoms with E-state index in [0.717, 1.165) is 35.2 Å². The van der Waals surface area contributed by atoms with Crippen LogP contribution in [0.25, 0.3) is 0 Å². The molecular weight excluding hydrogens is 485 g/mol. The molecule has 3 aromatic carbocycles. The Morgan fingerprint density at radius 2 is 1.73 bits per heavy atom. The molecule has 0 unspecified atom stereocenters. The molecule has 0 bridgehead atoms. The van der Waals surface area contributed by atoms with Gasteiger partial charge in [0, 0.05) is 12.8 Å². The summed E-state index contributed by atoms with van der Waals surface area (Å²) < 4.78 is 57.6. The third-order valence-corrected chi connectivity index (χ3v) is 5.87. The van der Waals surface area contributed by atoms with Crippen LogP contribution in [-0.2, 0) is 23.8 Å². The fourth-order valence-corrected chi connectivity index (χ4v) is 3.78. The minimum absolute atomic E-state index is 0.0126. The molecule has 0 spiro atoms. The van der Waals surface area contributed by atoms with Crippen LogP contribution in [0.5, 0.6) is 23.0 Å². The molecule has 0 fully saturated rings. The average Bonchev–Trinajstić information content (AvgIpc) is 2.84. The lowest BCUT2D eigenvalue weighted by molar-refractivity contribution is -0.138. The van der Waals surface area contributed by atoms with Crippen molar-refractivity contribution in [2.75, 3.05) is 6.61 Å². The van der Waals surface area contributed by atoms with Crippen LogP contribution >= 0.6 is 0 Å². The highest BCUT2D eigenvalue weighted by atomic mass is 19.4. The predicted molar refractivity (Wildman–Crippen MR) is 135 cm³/mol. The molecule has 0 saturated heterocycles. The van der Waals surface area contributed by atoms with Crippen LogP contribution in [0.4, 0.5) is 13.2 Å². The van der Waals surface area contributed by atoms with Gasteiger partial charge in [-0.15, -0.1) is 0 Å². The van der Waals surface area contributed by atoms with E-state index >= 15 is 0 Å². The number of rotatable bonds is 12. The molecular formula is C29H31F3O5. The van der Waals surface area contributed by atoms with E-state index in [4.69, 9.17) is 19.3 Å². The highest BCUT2D eigenvalue weighted by Crippen LogP contribution is 2.39. The quantitative estimate of drug-likeness (QED) is 0.268. The molecule has 0 amide bonds. The van der Waals surface area contributed by atoms with E-state index < -0.39 is 17.7 Å². The number of carboxylic acid groups (broad SMARTS) is 1. The summed E-state index contributed by atoms with van der Waals surface area (Å²) in [4.78, 5) is 10.9. The van der Waals surface area contributed by atoms with Crippen molar-refractivity contribution in [3.05, 3.63) is 82.9 Å². The van der Waals surface area contributed by atoms with Crippen molar-refractivity contribution in [2.24, 2.45) is 0 Å². The number of aryl methyl sites for hydroxylation is 3. The summed E-state index contributed by atoms with van der Waals surface area (Å²) in [5.41, 5.74) is 1.98. The zero-order valence-corrected chi connectivity index (χ0v) is 21.1. The van der Waals surface area contributed by atoms with Gasteiger partial charge in [0.15, 0.2) is 11.5 Å². The van der Waals surface area contributed by atoms with Gasteiger partial charge in [0.25, 0.3) is 0 Å². The summed E-state index contributed by atoms with van der Waals surface area (Å²) in [6.45, 7) is 5.95. The Morgan fingerprint density at radius 3 is 2.41 bits per heavy atom. The van der Waals surface area contributed by atoms with Gasteiger partial charge in [-0.05, 0) is 79.8 Å². The normalized spacial score (nSPS) is 12.2. The SMILES string of the molecule is CCc1cc(OCC[C@H](C)Oc2ccc(C(F)(F)F)cc2Oc2ccccc2C)ccc1CCC(=O)O. The van der Waals surface area contributed by atoms with Crippen molar-refractivity contribution in [1.82, 2.24) is 0 Å². The summed E-state index contributed by atoms with van der Waals surface area (Å²) in [7, 11) is 0. The van der Waals surface area contributed by atoms with Crippen LogP contribution in [0.15, 0.2) is 60.7 Å². The fourth-order valence-electron chi connectivity index (χ4n) is 3.78. The molecule has 1 N–H and O–H groups in total. The predicted octanol–water partition coefficient (Wildman–Crippen LogP) is 7.62. The summed E-state index contributed by atoms with van der Waals surface area (Å²) in [6, 6.07) is 15.9. The standard InChI is InChI=1S/C29H31F3O5/c1-4-21-17-24(12-9-22(21)10-14-28(33)34)35-16-15-20(3)36-26-13-11-23(29(30,31)32)18-27(26)37-25-8-6-5-7-19(25)2/h5-9,11-13,17-18,20H,4,10,14-16H2,1-3H3,(H,33,34)/t20-/m0/s1. The Labute approximate surface area is 214 Å². The maximum absolute atomic E-state index is 13.3. The molecule has 198 valence electrons. The maximum atomic E-state index is 13.3. The minimum Gasteiger partial charge on any atom is -0.493 e. The second-order valence-electron chi connectivity index (χ2n) is 8.77. The number of hydrogen-bond donors (Lipinski definition) is 1. The van der Waals surface area contributed by atoms with E-state index in [1.54, 1.807) is 12.1 Å². The minimum atomic E-state index is -4.51. The van der Waals surface area contributed by atoms with Crippen molar-refractivity contribution in [3.8, 4) is 23.0 Å². The molecule has 3 aromatic rings. The van der Waals surface area contributed by atoms with Gasteiger partial charge in [0.05, 0.1) is 18.3 Å². The van der Waals surface area contributed by atoms with Crippen LogP contribution in [-0.4, -0.2) is 23.8 Å². The molecule has 0 radical (unpaired) electrons. The van der Waals surface area contributed by atoms with Gasteiger partial charge < -0.3 is 19.3 Å². The van der Waals surface area contributed by atoms with Crippen LogP contribution in [0.3, 0.4) is 0 Å². The zero-order chi connectivity index (χ0) is 27.0. The van der Waals surface area contributed by atoms with Gasteiger partial charge in [0.2, 0.25) is 0 Å². The van der Waals surface area contributed by atoms with Crippen LogP contribution in [0.1, 0.15) is 48.9 Å². The Bertz CT molecular complexity index is 1210. The summed E-state index contributed by atoms with van der Waals surface area (Å²) >= 11 is 0. The van der Waals surface area contributed by atoms with E-state index in [9.17, 15) is 18.0 Å². The fraction of sp³-hybridized carbons (Fsp3) is 0.345. The Morgan fingerprint density at radius 1 is 0.973 bits per heavy atom. The van der Waals surface area contributed by atoms with Gasteiger partial charge in [-0.1, -0.05) is 31.2 Å². The molecule has 0 aromatic heterocycles. The number of hydrogen-bond acceptors (Lipinski definition) is 4. The van der Waals surface area contributed by atoms with Crippen molar-refractivity contribution < 1.29 is 37.3 Å². The first kappa shape index (κ1) is 27.9. The van der Waals surface area contributed by atoms with Gasteiger partial charge in [-0.3, -0.25) is 4.79 Å². The van der Waals surface area contributed by atoms with Crippen molar-refractivity contribution >= 4 is 5.97 Å². The second kappa shape index (κ2) is 12.5. The molecule has 37 heavy (non-hydrogen) atoms. The Kier molecular flexibility index (Phi) is 9.44. The Hall–Kier alpha value is -3.68. The van der Waals surface area contributed by atoms with E-state index in [-0.39, 0.29) is 24.0 Å². The third kappa shape index (κ3) is 8.17. The number of benzene rings is 3. The zero-order valence-electron chi connectivity index (χ0n) is 21.1. The lowest BCUT2D eigenvalue weighted by Gasteiger charge is -2.20. The molecule has 0 aliphatic heterocycles. The van der Waals surface area contributed by atoms with E-state index in [1.165, 1.54) is 6.07 Å². The first-order chi connectivity index (χ1) is 17.6. The topological polar surface area (TPSA) is 65.0 Å². The lowest BCUT2D eigenvalue weighted by Crippen LogP contribution is -2.16. The number of para-hydroxylation sites is 1. The van der Waals surface area contributed by atoms with Crippen LogP contribution in [0.2, 0.25) is 0 Å². The van der Waals surface area contributed by atoms with Gasteiger partial charge in [0.1, 0.15) is 11.5 Å². The summed E-state index contributed by atoms with van der Waals surface area (Å²) in [5, 5.41) is 8.92. The molecule has 0 heterocycles. The maximum Gasteiger partial charge on any atom is 0.416 e. The van der Waals surface area contributed by atoms with Gasteiger partial charge in [-0.2, -0.15) is 13.2 Å². The second-order valence-corrected chi connectivity index (χ2v) is 8.77. The third-order valence-electron chi connectivity index (χ3n) is 5.87. The molecule has 8 heteroatoms. The average molecular weight is 517 g/mol. The largest absolute Gasteiger partial charge is 0.493 e. The van der Waals surface area contributed by atoms with E-state index in [0.29, 0.717) is 30.9 Å². The molecule has 1 atom stereocenters. The monoisotopic (exact) mass is 516 g/mol. The van der Waals surface area contributed by atoms with Crippen molar-refractivity contribution in [1.29, 1.82) is 0 Å². The lowest BCUT2D eigenvalue weighted by atomic mass is 10.0.